The van der Waals surface area contributed by atoms with Crippen molar-refractivity contribution in [2.75, 3.05) is 0 Å². The van der Waals surface area contributed by atoms with E-state index in [0.29, 0.717) is 5.56 Å². The first-order chi connectivity index (χ1) is 8.16. The van der Waals surface area contributed by atoms with Crippen molar-refractivity contribution >= 4 is 28.7 Å². The highest BCUT2D eigenvalue weighted by molar-refractivity contribution is 7.09. The summed E-state index contributed by atoms with van der Waals surface area (Å²) in [4.78, 5) is 16.5. The molecule has 1 heterocycles. The fourth-order valence-corrected chi connectivity index (χ4v) is 2.30. The predicted octanol–water partition coefficient (Wildman–Crippen LogP) is 3.29. The molecule has 0 amide bonds. The molecule has 88 valence electrons. The summed E-state index contributed by atoms with van der Waals surface area (Å²) in [5.74, 6) is -0.553. The number of hydrogen-bond donors (Lipinski definition) is 0. The van der Waals surface area contributed by atoms with Gasteiger partial charge in [-0.05, 0) is 11.6 Å². The van der Waals surface area contributed by atoms with Crippen molar-refractivity contribution in [1.29, 1.82) is 0 Å². The van der Waals surface area contributed by atoms with Crippen molar-refractivity contribution in [2.24, 2.45) is 0 Å². The summed E-state index contributed by atoms with van der Waals surface area (Å²) in [5.41, 5.74) is 2.01. The molecule has 1 aromatic carbocycles. The van der Waals surface area contributed by atoms with Gasteiger partial charge in [0.2, 0.25) is 0 Å². The molecule has 0 fully saturated rings. The molecule has 2 rings (SSSR count). The molecule has 0 saturated heterocycles. The van der Waals surface area contributed by atoms with Gasteiger partial charge in [0, 0.05) is 23.9 Å². The van der Waals surface area contributed by atoms with Crippen LogP contribution in [0.3, 0.4) is 0 Å². The molecule has 0 unspecified atom stereocenters. The van der Waals surface area contributed by atoms with Gasteiger partial charge in [-0.25, -0.2) is 4.39 Å². The van der Waals surface area contributed by atoms with Gasteiger partial charge in [0.05, 0.1) is 10.5 Å². The Labute approximate surface area is 107 Å². The van der Waals surface area contributed by atoms with Crippen LogP contribution < -0.4 is 0 Å². The molecule has 17 heavy (non-hydrogen) atoms. The minimum atomic E-state index is -0.508. The molecule has 0 aliphatic heterocycles. The van der Waals surface area contributed by atoms with Crippen molar-refractivity contribution in [1.82, 2.24) is 4.98 Å². The minimum absolute atomic E-state index is 0.0459. The van der Waals surface area contributed by atoms with Crippen LogP contribution in [0.5, 0.6) is 0 Å². The Kier molecular flexibility index (Phi) is 3.86. The largest absolute Gasteiger partial charge is 0.299 e. The molecule has 0 aliphatic carbocycles. The maximum absolute atomic E-state index is 13.5. The van der Waals surface area contributed by atoms with Crippen LogP contribution in [0.4, 0.5) is 4.39 Å². The normalized spacial score (nSPS) is 10.5. The Bertz CT molecular complexity index is 527. The molecular weight excluding hydrogens is 261 g/mol. The van der Waals surface area contributed by atoms with Crippen LogP contribution in [0.1, 0.15) is 10.4 Å². The molecule has 0 saturated carbocycles. The van der Waals surface area contributed by atoms with E-state index in [9.17, 15) is 9.18 Å². The highest BCUT2D eigenvalue weighted by Gasteiger charge is 2.11. The minimum Gasteiger partial charge on any atom is -0.299 e. The zero-order chi connectivity index (χ0) is 12.3. The molecule has 5 heteroatoms. The highest BCUT2D eigenvalue weighted by atomic mass is 35.5. The topological polar surface area (TPSA) is 30.0 Å². The summed E-state index contributed by atoms with van der Waals surface area (Å²) < 4.78 is 13.5. The van der Waals surface area contributed by atoms with Crippen LogP contribution in [0.15, 0.2) is 29.9 Å². The van der Waals surface area contributed by atoms with Crippen molar-refractivity contribution in [2.45, 2.75) is 12.8 Å². The summed E-state index contributed by atoms with van der Waals surface area (Å²) in [7, 11) is 0. The predicted molar refractivity (Wildman–Crippen MR) is 65.9 cm³/mol. The van der Waals surface area contributed by atoms with Gasteiger partial charge in [-0.3, -0.25) is 9.78 Å². The number of carbonyl (C=O) groups is 1. The van der Waals surface area contributed by atoms with Gasteiger partial charge in [-0.15, -0.1) is 11.3 Å². The van der Waals surface area contributed by atoms with E-state index in [4.69, 9.17) is 11.6 Å². The van der Waals surface area contributed by atoms with Crippen LogP contribution in [0.2, 0.25) is 5.02 Å². The highest BCUT2D eigenvalue weighted by Crippen LogP contribution is 2.19. The van der Waals surface area contributed by atoms with Crippen molar-refractivity contribution in [3.05, 3.63) is 51.2 Å². The molecule has 0 radical (unpaired) electrons. The number of ketones is 1. The third-order valence-corrected chi connectivity index (χ3v) is 3.35. The zero-order valence-corrected chi connectivity index (χ0v) is 10.4. The summed E-state index contributed by atoms with van der Waals surface area (Å²) in [6, 6.07) is 4.68. The second-order valence-electron chi connectivity index (χ2n) is 3.57. The second-order valence-corrected chi connectivity index (χ2v) is 4.95. The van der Waals surface area contributed by atoms with Crippen molar-refractivity contribution in [3.8, 4) is 0 Å². The Balaban J connectivity index is 2.06. The lowest BCUT2D eigenvalue weighted by Gasteiger charge is -2.03. The molecule has 0 bridgehead atoms. The number of hydrogen-bond acceptors (Lipinski definition) is 3. The maximum atomic E-state index is 13.5. The van der Waals surface area contributed by atoms with Crippen molar-refractivity contribution < 1.29 is 9.18 Å². The Morgan fingerprint density at radius 3 is 2.94 bits per heavy atom. The monoisotopic (exact) mass is 269 g/mol. The Hall–Kier alpha value is -1.26. The third kappa shape index (κ3) is 3.11. The second kappa shape index (κ2) is 5.38. The smallest absolute Gasteiger partial charge is 0.145 e. The number of carbonyl (C=O) groups excluding carboxylic acids is 1. The number of Topliss-reactive ketones (excluding diaryl/α,β-unsaturated/α-hetero) is 1. The molecule has 1 aromatic heterocycles. The van der Waals surface area contributed by atoms with Crippen LogP contribution in [0, 0.1) is 5.82 Å². The summed E-state index contributed by atoms with van der Waals surface area (Å²) >= 11 is 7.06. The van der Waals surface area contributed by atoms with Gasteiger partial charge < -0.3 is 0 Å². The lowest BCUT2D eigenvalue weighted by atomic mass is 10.1. The molecule has 2 nitrogen and oxygen atoms in total. The molecular formula is C12H9ClFNOS. The number of aromatic nitrogens is 1. The van der Waals surface area contributed by atoms with E-state index < -0.39 is 5.82 Å². The lowest BCUT2D eigenvalue weighted by Crippen LogP contribution is -2.07. The first-order valence-electron chi connectivity index (χ1n) is 4.99. The number of rotatable bonds is 4. The van der Waals surface area contributed by atoms with Crippen LogP contribution in [-0.4, -0.2) is 10.8 Å². The Morgan fingerprint density at radius 2 is 2.24 bits per heavy atom. The first kappa shape index (κ1) is 12.2. The van der Waals surface area contributed by atoms with E-state index in [1.807, 2.05) is 0 Å². The van der Waals surface area contributed by atoms with Gasteiger partial charge in [-0.1, -0.05) is 23.7 Å². The molecule has 0 N–H and O–H groups in total. The molecule has 0 atom stereocenters. The number of halogens is 2. The fraction of sp³-hybridized carbons (Fsp3) is 0.167. The average Bonchev–Trinajstić information content (AvgIpc) is 2.77. The lowest BCUT2D eigenvalue weighted by molar-refractivity contribution is -0.117. The number of benzene rings is 1. The molecule has 0 aliphatic rings. The number of thiazole rings is 1. The van der Waals surface area contributed by atoms with Crippen LogP contribution >= 0.6 is 22.9 Å². The average molecular weight is 270 g/mol. The third-order valence-electron chi connectivity index (χ3n) is 2.27. The SMILES string of the molecule is O=C(Cc1cncs1)Cc1cccc(Cl)c1F. The van der Waals surface area contributed by atoms with Crippen molar-refractivity contribution in [3.63, 3.8) is 0 Å². The Morgan fingerprint density at radius 1 is 1.41 bits per heavy atom. The molecule has 0 spiro atoms. The fourth-order valence-electron chi connectivity index (χ4n) is 1.48. The molecule has 2 aromatic rings. The van der Waals surface area contributed by atoms with E-state index in [2.05, 4.69) is 4.98 Å². The van der Waals surface area contributed by atoms with Gasteiger partial charge in [-0.2, -0.15) is 0 Å². The summed E-state index contributed by atoms with van der Waals surface area (Å²) in [5, 5.41) is 0.0492. The zero-order valence-electron chi connectivity index (χ0n) is 8.82. The van der Waals surface area contributed by atoms with E-state index in [-0.39, 0.29) is 23.6 Å². The summed E-state index contributed by atoms with van der Waals surface area (Å²) in [6.45, 7) is 0. The van der Waals surface area contributed by atoms with Gasteiger partial charge in [0.1, 0.15) is 11.6 Å². The number of nitrogens with zero attached hydrogens (tertiary/aromatic N) is 1. The van der Waals surface area contributed by atoms with E-state index >= 15 is 0 Å². The van der Waals surface area contributed by atoms with Gasteiger partial charge in [0.25, 0.3) is 0 Å². The standard InChI is InChI=1S/C12H9ClFNOS/c13-11-3-1-2-8(12(11)14)4-9(16)5-10-6-15-7-17-10/h1-3,6-7H,4-5H2. The maximum Gasteiger partial charge on any atom is 0.145 e. The first-order valence-corrected chi connectivity index (χ1v) is 6.24. The quantitative estimate of drug-likeness (QED) is 0.852. The van der Waals surface area contributed by atoms with E-state index in [0.717, 1.165) is 4.88 Å². The summed E-state index contributed by atoms with van der Waals surface area (Å²) in [6.07, 6.45) is 2.00. The van der Waals surface area contributed by atoms with Crippen LogP contribution in [-0.2, 0) is 17.6 Å². The van der Waals surface area contributed by atoms with E-state index in [1.165, 1.54) is 17.4 Å². The van der Waals surface area contributed by atoms with Gasteiger partial charge >= 0.3 is 0 Å². The van der Waals surface area contributed by atoms with Gasteiger partial charge in [0.15, 0.2) is 0 Å². The van der Waals surface area contributed by atoms with Crippen LogP contribution in [0.25, 0.3) is 0 Å². The van der Waals surface area contributed by atoms with E-state index in [1.54, 1.807) is 23.8 Å².